The highest BCUT2D eigenvalue weighted by atomic mass is 19.1. The van der Waals surface area contributed by atoms with Crippen molar-refractivity contribution in [3.8, 4) is 11.1 Å². The van der Waals surface area contributed by atoms with Crippen LogP contribution in [0.5, 0.6) is 0 Å². The van der Waals surface area contributed by atoms with E-state index in [4.69, 9.17) is 9.47 Å². The molecular weight excluding hydrogens is 459 g/mol. The molecule has 1 saturated heterocycles. The van der Waals surface area contributed by atoms with E-state index < -0.39 is 0 Å². The molecule has 0 spiro atoms. The summed E-state index contributed by atoms with van der Waals surface area (Å²) in [5, 5.41) is 3.00. The normalized spacial score (nSPS) is 31.4. The van der Waals surface area contributed by atoms with Crippen LogP contribution in [0.15, 0.2) is 48.7 Å². The van der Waals surface area contributed by atoms with Crippen molar-refractivity contribution in [2.75, 3.05) is 6.61 Å². The Labute approximate surface area is 211 Å². The van der Waals surface area contributed by atoms with Crippen molar-refractivity contribution in [2.24, 2.45) is 29.6 Å². The number of carbonyl (C=O) groups excluding carboxylic acids is 2. The minimum absolute atomic E-state index is 0.0679. The van der Waals surface area contributed by atoms with Gasteiger partial charge >= 0.3 is 12.1 Å². The number of alkyl carbamates (subject to hydrolysis) is 1. The molecule has 5 unspecified atom stereocenters. The average Bonchev–Trinajstić information content (AvgIpc) is 3.15. The van der Waals surface area contributed by atoms with Gasteiger partial charge in [-0.3, -0.25) is 9.78 Å². The van der Waals surface area contributed by atoms with E-state index in [1.165, 1.54) is 12.1 Å². The lowest BCUT2D eigenvalue weighted by Crippen LogP contribution is -2.48. The Balaban J connectivity index is 1.34. The van der Waals surface area contributed by atoms with Gasteiger partial charge in [-0.2, -0.15) is 0 Å². The fourth-order valence-electron chi connectivity index (χ4n) is 6.64. The quantitative estimate of drug-likeness (QED) is 0.548. The van der Waals surface area contributed by atoms with Gasteiger partial charge in [0.2, 0.25) is 0 Å². The summed E-state index contributed by atoms with van der Waals surface area (Å²) in [5.74, 6) is 0.629. The number of esters is 1. The number of amides is 1. The first-order valence-corrected chi connectivity index (χ1v) is 13.0. The maximum absolute atomic E-state index is 13.6. The number of benzene rings is 1. The first kappa shape index (κ1) is 24.5. The highest BCUT2D eigenvalue weighted by Gasteiger charge is 2.54. The van der Waals surface area contributed by atoms with E-state index in [1.54, 1.807) is 19.2 Å². The number of carbonyl (C=O) groups is 2. The minimum atomic E-state index is -0.368. The molecule has 1 aromatic carbocycles. The van der Waals surface area contributed by atoms with Crippen LogP contribution in [-0.2, 0) is 14.3 Å². The minimum Gasteiger partial charge on any atom is -0.462 e. The molecule has 0 bridgehead atoms. The molecule has 6 nitrogen and oxygen atoms in total. The lowest BCUT2D eigenvalue weighted by atomic mass is 9.57. The van der Waals surface area contributed by atoms with E-state index in [2.05, 4.69) is 16.4 Å². The van der Waals surface area contributed by atoms with E-state index >= 15 is 0 Å². The summed E-state index contributed by atoms with van der Waals surface area (Å²) >= 11 is 0. The number of fused-ring (bicyclic) bond motifs is 2. The van der Waals surface area contributed by atoms with E-state index in [0.29, 0.717) is 18.4 Å². The second kappa shape index (κ2) is 10.4. The van der Waals surface area contributed by atoms with Gasteiger partial charge in [0.1, 0.15) is 11.9 Å². The molecule has 2 saturated carbocycles. The van der Waals surface area contributed by atoms with Crippen molar-refractivity contribution >= 4 is 18.1 Å². The van der Waals surface area contributed by atoms with Gasteiger partial charge in [-0.15, -0.1) is 0 Å². The van der Waals surface area contributed by atoms with E-state index in [0.717, 1.165) is 42.5 Å². The zero-order valence-electron chi connectivity index (χ0n) is 20.7. The number of hydrogen-bond acceptors (Lipinski definition) is 5. The Morgan fingerprint density at radius 1 is 1.22 bits per heavy atom. The van der Waals surface area contributed by atoms with Gasteiger partial charge in [0, 0.05) is 23.7 Å². The number of cyclic esters (lactones) is 1. The molecule has 190 valence electrons. The molecule has 1 amide bonds. The fraction of sp³-hybridized carbons (Fsp3) is 0.483. The van der Waals surface area contributed by atoms with Crippen LogP contribution < -0.4 is 5.32 Å². The summed E-state index contributed by atoms with van der Waals surface area (Å²) < 4.78 is 24.3. The van der Waals surface area contributed by atoms with Crippen molar-refractivity contribution in [3.05, 3.63) is 60.2 Å². The zero-order valence-corrected chi connectivity index (χ0v) is 20.7. The molecule has 5 rings (SSSR count). The van der Waals surface area contributed by atoms with Crippen LogP contribution in [0, 0.1) is 35.4 Å². The number of nitrogens with zero attached hydrogens (tertiary/aromatic N) is 1. The number of aromatic nitrogens is 1. The van der Waals surface area contributed by atoms with Crippen LogP contribution >= 0.6 is 0 Å². The van der Waals surface area contributed by atoms with Crippen LogP contribution in [0.3, 0.4) is 0 Å². The van der Waals surface area contributed by atoms with Crippen molar-refractivity contribution in [1.29, 1.82) is 0 Å². The van der Waals surface area contributed by atoms with Gasteiger partial charge < -0.3 is 14.8 Å². The molecular formula is C29H33FN2O4. The van der Waals surface area contributed by atoms with Gasteiger partial charge in [0.15, 0.2) is 0 Å². The van der Waals surface area contributed by atoms with Crippen molar-refractivity contribution < 1.29 is 23.5 Å². The molecule has 1 aliphatic heterocycles. The highest BCUT2D eigenvalue weighted by molar-refractivity contribution is 5.75. The Morgan fingerprint density at radius 3 is 2.83 bits per heavy atom. The van der Waals surface area contributed by atoms with Gasteiger partial charge in [0.05, 0.1) is 18.2 Å². The molecule has 7 atom stereocenters. The lowest BCUT2D eigenvalue weighted by Gasteiger charge is -2.47. The summed E-state index contributed by atoms with van der Waals surface area (Å²) in [7, 11) is 0. The number of nitrogens with one attached hydrogen (secondary N) is 1. The second-order valence-electron chi connectivity index (χ2n) is 10.3. The summed E-state index contributed by atoms with van der Waals surface area (Å²) in [5.41, 5.74) is 2.48. The van der Waals surface area contributed by atoms with Gasteiger partial charge in [-0.25, -0.2) is 9.18 Å². The van der Waals surface area contributed by atoms with Crippen LogP contribution in [0.2, 0.25) is 0 Å². The van der Waals surface area contributed by atoms with E-state index in [1.807, 2.05) is 31.2 Å². The molecule has 7 heteroatoms. The number of pyridine rings is 1. The Morgan fingerprint density at radius 2 is 2.08 bits per heavy atom. The average molecular weight is 493 g/mol. The Kier molecular flexibility index (Phi) is 7.08. The van der Waals surface area contributed by atoms with Crippen LogP contribution in [0.25, 0.3) is 17.2 Å². The number of allylic oxidation sites excluding steroid dienone is 1. The molecule has 0 radical (unpaired) electrons. The third kappa shape index (κ3) is 5.01. The lowest BCUT2D eigenvalue weighted by molar-refractivity contribution is -0.144. The summed E-state index contributed by atoms with van der Waals surface area (Å²) in [4.78, 5) is 29.2. The molecule has 2 aromatic rings. The summed E-state index contributed by atoms with van der Waals surface area (Å²) in [6.07, 6.45) is 9.07. The van der Waals surface area contributed by atoms with Crippen LogP contribution in [0.4, 0.5) is 9.18 Å². The fourth-order valence-corrected chi connectivity index (χ4v) is 6.64. The zero-order chi connectivity index (χ0) is 25.2. The smallest absolute Gasteiger partial charge is 0.407 e. The third-order valence-corrected chi connectivity index (χ3v) is 8.18. The molecule has 1 N–H and O–H groups in total. The SMILES string of the molecule is CCOC(=O)N[C@@H]1CCC2C(CC3C(=O)OC(C)C3[C@H]2/C=C/c2ccc(-c3cccc(F)c3)cn2)C1. The Hall–Kier alpha value is -3.22. The number of ether oxygens (including phenoxy) is 2. The van der Waals surface area contributed by atoms with Crippen LogP contribution in [-0.4, -0.2) is 35.8 Å². The monoisotopic (exact) mass is 492 g/mol. The highest BCUT2D eigenvalue weighted by Crippen LogP contribution is 2.53. The van der Waals surface area contributed by atoms with Gasteiger partial charge in [0.25, 0.3) is 0 Å². The van der Waals surface area contributed by atoms with Gasteiger partial charge in [-0.1, -0.05) is 24.3 Å². The first-order chi connectivity index (χ1) is 17.4. The standard InChI is InChI=1S/C29H33FN2O4/c1-3-35-29(34)32-23-10-11-24-20(14-23)15-26-27(17(2)36-28(26)33)25(24)12-9-22-8-7-19(16-31-22)18-5-4-6-21(30)13-18/h4-9,12-13,16-17,20,23-27H,3,10-11,14-15H2,1-2H3,(H,32,34)/b12-9+/t17?,20?,23-,24?,25+,26?,27?/m1/s1. The number of rotatable bonds is 5. The number of hydrogen-bond donors (Lipinski definition) is 1. The molecule has 3 fully saturated rings. The van der Waals surface area contributed by atoms with Crippen molar-refractivity contribution in [3.63, 3.8) is 0 Å². The van der Waals surface area contributed by atoms with Crippen molar-refractivity contribution in [2.45, 2.75) is 51.7 Å². The maximum Gasteiger partial charge on any atom is 0.407 e. The van der Waals surface area contributed by atoms with Crippen LogP contribution in [0.1, 0.15) is 45.2 Å². The topological polar surface area (TPSA) is 77.5 Å². The molecule has 2 heterocycles. The van der Waals surface area contributed by atoms with E-state index in [9.17, 15) is 14.0 Å². The molecule has 36 heavy (non-hydrogen) atoms. The first-order valence-electron chi connectivity index (χ1n) is 13.0. The summed E-state index contributed by atoms with van der Waals surface area (Å²) in [6, 6.07) is 10.4. The second-order valence-corrected chi connectivity index (χ2v) is 10.3. The summed E-state index contributed by atoms with van der Waals surface area (Å²) in [6.45, 7) is 4.15. The third-order valence-electron chi connectivity index (χ3n) is 8.18. The largest absolute Gasteiger partial charge is 0.462 e. The molecule has 2 aliphatic carbocycles. The van der Waals surface area contributed by atoms with Crippen molar-refractivity contribution in [1.82, 2.24) is 10.3 Å². The molecule has 3 aliphatic rings. The van der Waals surface area contributed by atoms with E-state index in [-0.39, 0.29) is 47.8 Å². The van der Waals surface area contributed by atoms with Gasteiger partial charge in [-0.05, 0) is 87.1 Å². The maximum atomic E-state index is 13.6. The molecule has 1 aromatic heterocycles. The predicted octanol–water partition coefficient (Wildman–Crippen LogP) is 5.63. The Bertz CT molecular complexity index is 1130. The predicted molar refractivity (Wildman–Crippen MR) is 134 cm³/mol. The number of halogens is 1.